The Hall–Kier alpha value is -1.79. The Labute approximate surface area is 118 Å². The van der Waals surface area contributed by atoms with Crippen molar-refractivity contribution >= 4 is 5.91 Å². The van der Waals surface area contributed by atoms with Crippen LogP contribution in [0.25, 0.3) is 0 Å². The van der Waals surface area contributed by atoms with Gasteiger partial charge < -0.3 is 25.6 Å². The molecule has 0 aliphatic rings. The van der Waals surface area contributed by atoms with E-state index in [-0.39, 0.29) is 24.9 Å². The summed E-state index contributed by atoms with van der Waals surface area (Å²) in [6.07, 6.45) is -0.654. The number of aliphatic hydroxyl groups is 1. The van der Waals surface area contributed by atoms with E-state index in [1.807, 2.05) is 0 Å². The minimum Gasteiger partial charge on any atom is -0.497 e. The Morgan fingerprint density at radius 1 is 1.40 bits per heavy atom. The van der Waals surface area contributed by atoms with E-state index in [2.05, 4.69) is 5.32 Å². The maximum Gasteiger partial charge on any atom is 0.221 e. The average Bonchev–Trinajstić information content (AvgIpc) is 2.43. The lowest BCUT2D eigenvalue weighted by molar-refractivity contribution is -0.121. The van der Waals surface area contributed by atoms with Gasteiger partial charge in [-0.25, -0.2) is 0 Å². The van der Waals surface area contributed by atoms with Crippen LogP contribution < -0.4 is 20.5 Å². The Balaban J connectivity index is 2.71. The molecule has 2 unspecified atom stereocenters. The molecule has 20 heavy (non-hydrogen) atoms. The van der Waals surface area contributed by atoms with Gasteiger partial charge in [-0.3, -0.25) is 4.79 Å². The van der Waals surface area contributed by atoms with Crippen molar-refractivity contribution in [2.45, 2.75) is 25.5 Å². The lowest BCUT2D eigenvalue weighted by atomic mass is 10.1. The average molecular weight is 282 g/mol. The van der Waals surface area contributed by atoms with Gasteiger partial charge in [0.05, 0.1) is 20.3 Å². The number of hydrogen-bond acceptors (Lipinski definition) is 5. The van der Waals surface area contributed by atoms with Gasteiger partial charge in [-0.15, -0.1) is 0 Å². The van der Waals surface area contributed by atoms with Crippen molar-refractivity contribution in [2.24, 2.45) is 5.73 Å². The number of methoxy groups -OCH3 is 2. The summed E-state index contributed by atoms with van der Waals surface area (Å²) in [4.78, 5) is 11.5. The summed E-state index contributed by atoms with van der Waals surface area (Å²) in [5, 5.41) is 12.8. The van der Waals surface area contributed by atoms with E-state index < -0.39 is 6.10 Å². The fraction of sp³-hybridized carbons (Fsp3) is 0.500. The molecule has 6 nitrogen and oxygen atoms in total. The molecule has 0 fully saturated rings. The molecule has 2 atom stereocenters. The molecule has 0 bridgehead atoms. The van der Waals surface area contributed by atoms with Gasteiger partial charge in [-0.2, -0.15) is 0 Å². The SMILES string of the molecule is COc1ccc(OC)c(C(O)CNC(=O)CC(C)N)c1. The summed E-state index contributed by atoms with van der Waals surface area (Å²) in [6, 6.07) is 4.92. The highest BCUT2D eigenvalue weighted by Crippen LogP contribution is 2.28. The number of carbonyl (C=O) groups excluding carboxylic acids is 1. The van der Waals surface area contributed by atoms with E-state index >= 15 is 0 Å². The molecule has 0 aliphatic carbocycles. The van der Waals surface area contributed by atoms with Crippen LogP contribution in [0.5, 0.6) is 11.5 Å². The molecular formula is C14H22N2O4. The predicted molar refractivity (Wildman–Crippen MR) is 75.8 cm³/mol. The number of nitrogens with two attached hydrogens (primary N) is 1. The second-order valence-corrected chi connectivity index (χ2v) is 4.61. The van der Waals surface area contributed by atoms with Crippen LogP contribution in [0.2, 0.25) is 0 Å². The molecule has 6 heteroatoms. The number of hydrogen-bond donors (Lipinski definition) is 3. The van der Waals surface area contributed by atoms with E-state index in [0.29, 0.717) is 17.1 Å². The lowest BCUT2D eigenvalue weighted by Crippen LogP contribution is -2.32. The quantitative estimate of drug-likeness (QED) is 0.680. The molecule has 1 aromatic carbocycles. The molecule has 0 radical (unpaired) electrons. The van der Waals surface area contributed by atoms with Crippen LogP contribution in [0.3, 0.4) is 0 Å². The molecule has 0 saturated carbocycles. The third kappa shape index (κ3) is 4.71. The first-order valence-corrected chi connectivity index (χ1v) is 6.40. The number of amides is 1. The first kappa shape index (κ1) is 16.3. The van der Waals surface area contributed by atoms with E-state index in [1.54, 1.807) is 32.2 Å². The summed E-state index contributed by atoms with van der Waals surface area (Å²) in [6.45, 7) is 1.84. The molecule has 4 N–H and O–H groups in total. The highest BCUT2D eigenvalue weighted by Gasteiger charge is 2.16. The third-order valence-corrected chi connectivity index (χ3v) is 2.80. The van der Waals surface area contributed by atoms with Crippen LogP contribution in [0.15, 0.2) is 18.2 Å². The van der Waals surface area contributed by atoms with Crippen molar-refractivity contribution < 1.29 is 19.4 Å². The summed E-state index contributed by atoms with van der Waals surface area (Å²) >= 11 is 0. The van der Waals surface area contributed by atoms with Gasteiger partial charge in [0.2, 0.25) is 5.91 Å². The topological polar surface area (TPSA) is 93.8 Å². The van der Waals surface area contributed by atoms with Crippen molar-refractivity contribution in [2.75, 3.05) is 20.8 Å². The summed E-state index contributed by atoms with van der Waals surface area (Å²) in [7, 11) is 3.06. The summed E-state index contributed by atoms with van der Waals surface area (Å²) in [5.41, 5.74) is 6.10. The van der Waals surface area contributed by atoms with Crippen molar-refractivity contribution in [3.63, 3.8) is 0 Å². The van der Waals surface area contributed by atoms with Crippen LogP contribution in [-0.4, -0.2) is 37.8 Å². The second kappa shape index (κ2) is 7.72. The second-order valence-electron chi connectivity index (χ2n) is 4.61. The first-order valence-electron chi connectivity index (χ1n) is 6.40. The van der Waals surface area contributed by atoms with E-state index in [1.165, 1.54) is 7.11 Å². The smallest absolute Gasteiger partial charge is 0.221 e. The van der Waals surface area contributed by atoms with Crippen LogP contribution >= 0.6 is 0 Å². The van der Waals surface area contributed by atoms with Gasteiger partial charge in [0.1, 0.15) is 11.5 Å². The highest BCUT2D eigenvalue weighted by atomic mass is 16.5. The zero-order valence-corrected chi connectivity index (χ0v) is 12.1. The summed E-state index contributed by atoms with van der Waals surface area (Å²) < 4.78 is 10.3. The van der Waals surface area contributed by atoms with E-state index in [4.69, 9.17) is 15.2 Å². The molecule has 0 aromatic heterocycles. The first-order chi connectivity index (χ1) is 9.47. The number of carbonyl (C=O) groups is 1. The van der Waals surface area contributed by atoms with Crippen LogP contribution in [0.4, 0.5) is 0 Å². The van der Waals surface area contributed by atoms with Gasteiger partial charge >= 0.3 is 0 Å². The number of nitrogens with one attached hydrogen (secondary N) is 1. The number of rotatable bonds is 7. The molecule has 0 spiro atoms. The third-order valence-electron chi connectivity index (χ3n) is 2.80. The maximum atomic E-state index is 11.5. The number of ether oxygens (including phenoxy) is 2. The Bertz CT molecular complexity index is 449. The van der Waals surface area contributed by atoms with Crippen LogP contribution in [-0.2, 0) is 4.79 Å². The number of benzene rings is 1. The predicted octanol–water partition coefficient (Wildman–Crippen LogP) is 0.591. The van der Waals surface area contributed by atoms with Crippen molar-refractivity contribution in [3.8, 4) is 11.5 Å². The van der Waals surface area contributed by atoms with Crippen LogP contribution in [0, 0.1) is 0 Å². The molecule has 1 amide bonds. The van der Waals surface area contributed by atoms with E-state index in [9.17, 15) is 9.90 Å². The summed E-state index contributed by atoms with van der Waals surface area (Å²) in [5.74, 6) is 0.961. The molecule has 0 saturated heterocycles. The van der Waals surface area contributed by atoms with Crippen LogP contribution in [0.1, 0.15) is 25.0 Å². The Morgan fingerprint density at radius 3 is 2.65 bits per heavy atom. The van der Waals surface area contributed by atoms with Gasteiger partial charge in [0.25, 0.3) is 0 Å². The van der Waals surface area contributed by atoms with Gasteiger partial charge in [0, 0.05) is 24.6 Å². The van der Waals surface area contributed by atoms with Gasteiger partial charge in [-0.1, -0.05) is 0 Å². The Morgan fingerprint density at radius 2 is 2.10 bits per heavy atom. The monoisotopic (exact) mass is 282 g/mol. The minimum absolute atomic E-state index is 0.0923. The molecule has 112 valence electrons. The van der Waals surface area contributed by atoms with Crippen molar-refractivity contribution in [1.29, 1.82) is 0 Å². The largest absolute Gasteiger partial charge is 0.497 e. The molecule has 0 aliphatic heterocycles. The molecule has 1 rings (SSSR count). The highest BCUT2D eigenvalue weighted by molar-refractivity contribution is 5.76. The van der Waals surface area contributed by atoms with Crippen molar-refractivity contribution in [3.05, 3.63) is 23.8 Å². The Kier molecular flexibility index (Phi) is 6.27. The molecular weight excluding hydrogens is 260 g/mol. The van der Waals surface area contributed by atoms with E-state index in [0.717, 1.165) is 0 Å². The number of aliphatic hydroxyl groups excluding tert-OH is 1. The van der Waals surface area contributed by atoms with Gasteiger partial charge in [-0.05, 0) is 25.1 Å². The minimum atomic E-state index is -0.878. The maximum absolute atomic E-state index is 11.5. The zero-order chi connectivity index (χ0) is 15.1. The molecule has 1 aromatic rings. The fourth-order valence-electron chi connectivity index (χ4n) is 1.78. The molecule has 0 heterocycles. The van der Waals surface area contributed by atoms with Crippen molar-refractivity contribution in [1.82, 2.24) is 5.32 Å². The standard InChI is InChI=1S/C14H22N2O4/c1-9(15)6-14(18)16-8-12(17)11-7-10(19-2)4-5-13(11)20-3/h4-5,7,9,12,17H,6,8,15H2,1-3H3,(H,16,18). The zero-order valence-electron chi connectivity index (χ0n) is 12.1. The fourth-order valence-corrected chi connectivity index (χ4v) is 1.78. The lowest BCUT2D eigenvalue weighted by Gasteiger charge is -2.17. The van der Waals surface area contributed by atoms with Gasteiger partial charge in [0.15, 0.2) is 0 Å². The normalized spacial score (nSPS) is 13.4.